The van der Waals surface area contributed by atoms with Gasteiger partial charge in [-0.2, -0.15) is 9.78 Å². The van der Waals surface area contributed by atoms with Crippen LogP contribution in [0.3, 0.4) is 0 Å². The lowest BCUT2D eigenvalue weighted by Crippen LogP contribution is -2.36. The van der Waals surface area contributed by atoms with Crippen molar-refractivity contribution in [2.45, 2.75) is 0 Å². The minimum absolute atomic E-state index is 0.323. The normalized spacial score (nSPS) is 10.0. The van der Waals surface area contributed by atoms with Crippen molar-refractivity contribution >= 4 is 0 Å². The van der Waals surface area contributed by atoms with Gasteiger partial charge in [0.1, 0.15) is 6.33 Å². The van der Waals surface area contributed by atoms with Gasteiger partial charge in [-0.15, -0.1) is 0 Å². The highest BCUT2D eigenvalue weighted by molar-refractivity contribution is 5.18. The van der Waals surface area contributed by atoms with Crippen molar-refractivity contribution in [3.8, 4) is 5.82 Å². The fourth-order valence-corrected chi connectivity index (χ4v) is 0.998. The monoisotopic (exact) mass is 190 g/mol. The Morgan fingerprint density at radius 2 is 2.14 bits per heavy atom. The first kappa shape index (κ1) is 8.36. The van der Waals surface area contributed by atoms with Crippen molar-refractivity contribution in [3.05, 3.63) is 51.4 Å². The number of hydrogen-bond acceptors (Lipinski definition) is 4. The molecule has 0 aliphatic rings. The van der Waals surface area contributed by atoms with Crippen LogP contribution in [0.25, 0.3) is 5.82 Å². The molecule has 0 aliphatic heterocycles. The SMILES string of the molecule is O=c1[nH]cnn(-c2ccccn2)c1=O. The largest absolute Gasteiger partial charge is 0.338 e. The van der Waals surface area contributed by atoms with Gasteiger partial charge in [-0.05, 0) is 12.1 Å². The predicted octanol–water partition coefficient (Wildman–Crippen LogP) is -0.684. The van der Waals surface area contributed by atoms with Gasteiger partial charge >= 0.3 is 11.1 Å². The van der Waals surface area contributed by atoms with E-state index in [2.05, 4.69) is 15.1 Å². The average molecular weight is 190 g/mol. The third-order valence-electron chi connectivity index (χ3n) is 1.62. The Hall–Kier alpha value is -2.24. The van der Waals surface area contributed by atoms with Crippen molar-refractivity contribution in [1.82, 2.24) is 19.7 Å². The first-order chi connectivity index (χ1) is 6.79. The summed E-state index contributed by atoms with van der Waals surface area (Å²) in [5, 5.41) is 3.70. The lowest BCUT2D eigenvalue weighted by Gasteiger charge is -1.99. The molecular formula is C8H6N4O2. The van der Waals surface area contributed by atoms with Crippen LogP contribution >= 0.6 is 0 Å². The van der Waals surface area contributed by atoms with E-state index in [0.29, 0.717) is 5.82 Å². The van der Waals surface area contributed by atoms with Gasteiger partial charge in [-0.25, -0.2) is 4.98 Å². The zero-order valence-corrected chi connectivity index (χ0v) is 7.04. The maximum absolute atomic E-state index is 11.3. The van der Waals surface area contributed by atoms with Crippen LogP contribution in [0.1, 0.15) is 0 Å². The lowest BCUT2D eigenvalue weighted by molar-refractivity contribution is 0.742. The molecule has 0 amide bonds. The summed E-state index contributed by atoms with van der Waals surface area (Å²) in [7, 11) is 0. The van der Waals surface area contributed by atoms with Gasteiger partial charge < -0.3 is 4.98 Å². The number of rotatable bonds is 1. The van der Waals surface area contributed by atoms with Crippen LogP contribution in [0.4, 0.5) is 0 Å². The molecule has 0 fully saturated rings. The van der Waals surface area contributed by atoms with Crippen LogP contribution in [-0.2, 0) is 0 Å². The maximum atomic E-state index is 11.3. The van der Waals surface area contributed by atoms with E-state index in [1.807, 2.05) is 0 Å². The van der Waals surface area contributed by atoms with E-state index < -0.39 is 11.1 Å². The molecule has 1 N–H and O–H groups in total. The molecule has 6 nitrogen and oxygen atoms in total. The quantitative estimate of drug-likeness (QED) is 0.604. The number of pyridine rings is 1. The fraction of sp³-hybridized carbons (Fsp3) is 0. The molecule has 0 aliphatic carbocycles. The molecule has 2 aromatic heterocycles. The average Bonchev–Trinajstić information content (AvgIpc) is 2.23. The lowest BCUT2D eigenvalue weighted by atomic mass is 10.5. The van der Waals surface area contributed by atoms with E-state index in [0.717, 1.165) is 11.0 Å². The summed E-state index contributed by atoms with van der Waals surface area (Å²) in [5.41, 5.74) is -1.46. The number of aromatic amines is 1. The van der Waals surface area contributed by atoms with Crippen molar-refractivity contribution in [2.24, 2.45) is 0 Å². The van der Waals surface area contributed by atoms with Crippen molar-refractivity contribution < 1.29 is 0 Å². The van der Waals surface area contributed by atoms with Crippen LogP contribution in [-0.4, -0.2) is 19.7 Å². The maximum Gasteiger partial charge on any atom is 0.338 e. The van der Waals surface area contributed by atoms with E-state index in [1.54, 1.807) is 18.2 Å². The number of nitrogens with one attached hydrogen (secondary N) is 1. The molecule has 0 spiro atoms. The highest BCUT2D eigenvalue weighted by Gasteiger charge is 2.03. The summed E-state index contributed by atoms with van der Waals surface area (Å²) < 4.78 is 0.943. The zero-order valence-electron chi connectivity index (χ0n) is 7.04. The Labute approximate surface area is 77.9 Å². The van der Waals surface area contributed by atoms with Gasteiger partial charge in [-0.3, -0.25) is 9.59 Å². The molecule has 0 saturated heterocycles. The minimum atomic E-state index is -0.744. The fourth-order valence-electron chi connectivity index (χ4n) is 0.998. The second kappa shape index (κ2) is 3.25. The molecule has 0 radical (unpaired) electrons. The Morgan fingerprint density at radius 1 is 1.29 bits per heavy atom. The van der Waals surface area contributed by atoms with Crippen molar-refractivity contribution in [2.75, 3.05) is 0 Å². The Morgan fingerprint density at radius 3 is 2.86 bits per heavy atom. The van der Waals surface area contributed by atoms with Crippen LogP contribution in [0.5, 0.6) is 0 Å². The highest BCUT2D eigenvalue weighted by Crippen LogP contribution is 1.93. The number of hydrogen-bond donors (Lipinski definition) is 1. The molecule has 0 aromatic carbocycles. The van der Waals surface area contributed by atoms with Crippen LogP contribution in [0.2, 0.25) is 0 Å². The summed E-state index contributed by atoms with van der Waals surface area (Å²) in [6, 6.07) is 5.01. The van der Waals surface area contributed by atoms with Gasteiger partial charge in [0.05, 0.1) is 0 Å². The summed E-state index contributed by atoms with van der Waals surface area (Å²) in [5.74, 6) is 0.323. The Balaban J connectivity index is 2.70. The topological polar surface area (TPSA) is 80.6 Å². The van der Waals surface area contributed by atoms with E-state index in [4.69, 9.17) is 0 Å². The van der Waals surface area contributed by atoms with Crippen molar-refractivity contribution in [3.63, 3.8) is 0 Å². The molecule has 0 bridgehead atoms. The molecule has 2 heterocycles. The van der Waals surface area contributed by atoms with Crippen molar-refractivity contribution in [1.29, 1.82) is 0 Å². The number of H-pyrrole nitrogens is 1. The van der Waals surface area contributed by atoms with Gasteiger partial charge in [0.25, 0.3) is 0 Å². The first-order valence-electron chi connectivity index (χ1n) is 3.87. The molecule has 2 aromatic rings. The van der Waals surface area contributed by atoms with Gasteiger partial charge in [0.15, 0.2) is 5.82 Å². The standard InChI is InChI=1S/C8H6N4O2/c13-7-8(14)12(11-5-10-7)6-3-1-2-4-9-6/h1-5H,(H,10,11,13). The van der Waals surface area contributed by atoms with E-state index in [9.17, 15) is 9.59 Å². The van der Waals surface area contributed by atoms with Crippen LogP contribution in [0, 0.1) is 0 Å². The highest BCUT2D eigenvalue weighted by atomic mass is 16.2. The molecule has 2 rings (SSSR count). The predicted molar refractivity (Wildman–Crippen MR) is 48.2 cm³/mol. The van der Waals surface area contributed by atoms with Crippen LogP contribution < -0.4 is 11.1 Å². The second-order valence-corrected chi connectivity index (χ2v) is 2.52. The van der Waals surface area contributed by atoms with Crippen LogP contribution in [0.15, 0.2) is 40.3 Å². The molecule has 6 heteroatoms. The summed E-state index contributed by atoms with van der Waals surface area (Å²) in [4.78, 5) is 28.3. The molecule has 0 atom stereocenters. The molecule has 0 saturated carbocycles. The first-order valence-corrected chi connectivity index (χ1v) is 3.87. The molecular weight excluding hydrogens is 184 g/mol. The van der Waals surface area contributed by atoms with E-state index in [1.165, 1.54) is 6.20 Å². The summed E-state index contributed by atoms with van der Waals surface area (Å²) >= 11 is 0. The molecule has 0 unspecified atom stereocenters. The van der Waals surface area contributed by atoms with E-state index >= 15 is 0 Å². The van der Waals surface area contributed by atoms with E-state index in [-0.39, 0.29) is 0 Å². The minimum Gasteiger partial charge on any atom is -0.307 e. The van der Waals surface area contributed by atoms with Gasteiger partial charge in [0, 0.05) is 6.20 Å². The summed E-state index contributed by atoms with van der Waals surface area (Å²) in [6.07, 6.45) is 2.67. The number of nitrogens with zero attached hydrogens (tertiary/aromatic N) is 3. The van der Waals surface area contributed by atoms with Gasteiger partial charge in [-0.1, -0.05) is 6.07 Å². The molecule has 14 heavy (non-hydrogen) atoms. The zero-order chi connectivity index (χ0) is 9.97. The molecule has 70 valence electrons. The third-order valence-corrected chi connectivity index (χ3v) is 1.62. The third kappa shape index (κ3) is 1.33. The Kier molecular flexibility index (Phi) is 1.94. The second-order valence-electron chi connectivity index (χ2n) is 2.52. The summed E-state index contributed by atoms with van der Waals surface area (Å²) in [6.45, 7) is 0. The smallest absolute Gasteiger partial charge is 0.307 e. The van der Waals surface area contributed by atoms with Gasteiger partial charge in [0.2, 0.25) is 0 Å². The Bertz CT molecular complexity index is 543. The number of aromatic nitrogens is 4.